The topological polar surface area (TPSA) is 91.3 Å². The number of fused-ring (bicyclic) bond motifs is 1. The molecule has 7 nitrogen and oxygen atoms in total. The van der Waals surface area contributed by atoms with Gasteiger partial charge in [-0.15, -0.1) is 0 Å². The van der Waals surface area contributed by atoms with Gasteiger partial charge in [0, 0.05) is 18.9 Å². The summed E-state index contributed by atoms with van der Waals surface area (Å²) in [6, 6.07) is 0. The van der Waals surface area contributed by atoms with Crippen molar-refractivity contribution in [2.45, 2.75) is 56.2 Å². The van der Waals surface area contributed by atoms with Crippen LogP contribution in [0.1, 0.15) is 27.2 Å². The van der Waals surface area contributed by atoms with E-state index in [0.29, 0.717) is 0 Å². The number of carbonyl (C=O) groups excluding carboxylic acids is 2. The van der Waals surface area contributed by atoms with Crippen molar-refractivity contribution in [2.75, 3.05) is 0 Å². The average molecular weight is 336 g/mol. The van der Waals surface area contributed by atoms with Gasteiger partial charge in [0.25, 0.3) is 0 Å². The van der Waals surface area contributed by atoms with Crippen LogP contribution in [-0.4, -0.2) is 46.1 Å². The van der Waals surface area contributed by atoms with Gasteiger partial charge in [0.1, 0.15) is 23.4 Å². The van der Waals surface area contributed by atoms with Crippen LogP contribution in [0.15, 0.2) is 24.3 Å². The summed E-state index contributed by atoms with van der Waals surface area (Å²) in [7, 11) is 0. The van der Waals surface area contributed by atoms with Gasteiger partial charge in [-0.3, -0.25) is 4.79 Å². The van der Waals surface area contributed by atoms with Gasteiger partial charge in [-0.05, 0) is 19.9 Å². The highest BCUT2D eigenvalue weighted by Gasteiger charge is 2.75. The van der Waals surface area contributed by atoms with Crippen molar-refractivity contribution in [2.24, 2.45) is 11.8 Å². The molecule has 0 aromatic carbocycles. The predicted molar refractivity (Wildman–Crippen MR) is 79.2 cm³/mol. The molecule has 7 unspecified atom stereocenters. The van der Waals surface area contributed by atoms with Gasteiger partial charge in [0.2, 0.25) is 0 Å². The minimum atomic E-state index is -1.39. The second kappa shape index (κ2) is 4.47. The Morgan fingerprint density at radius 2 is 2.08 bits per heavy atom. The predicted octanol–water partition coefficient (Wildman–Crippen LogP) is 0.816. The lowest BCUT2D eigenvalue weighted by Crippen LogP contribution is -2.56. The summed E-state index contributed by atoms with van der Waals surface area (Å²) in [6.45, 7) is 8.55. The van der Waals surface area contributed by atoms with Crippen LogP contribution < -0.4 is 0 Å². The fraction of sp³-hybridized carbons (Fsp3) is 0.647. The minimum absolute atomic E-state index is 0.0731. The molecule has 7 atom stereocenters. The van der Waals surface area contributed by atoms with E-state index in [0.717, 1.165) is 0 Å². The fourth-order valence-electron chi connectivity index (χ4n) is 4.74. The van der Waals surface area contributed by atoms with E-state index >= 15 is 0 Å². The van der Waals surface area contributed by atoms with E-state index < -0.39 is 52.8 Å². The van der Waals surface area contributed by atoms with Crippen molar-refractivity contribution in [3.8, 4) is 0 Å². The molecule has 1 saturated carbocycles. The van der Waals surface area contributed by atoms with Gasteiger partial charge in [0.05, 0.1) is 11.8 Å². The first-order valence-corrected chi connectivity index (χ1v) is 7.98. The van der Waals surface area contributed by atoms with Crippen LogP contribution in [0.25, 0.3) is 0 Å². The molecule has 2 aliphatic heterocycles. The molecule has 2 aliphatic carbocycles. The van der Waals surface area contributed by atoms with Crippen molar-refractivity contribution in [3.63, 3.8) is 0 Å². The quantitative estimate of drug-likeness (QED) is 0.328. The van der Waals surface area contributed by atoms with Crippen LogP contribution in [0.2, 0.25) is 0 Å². The number of aliphatic hydroxyl groups is 1. The zero-order chi connectivity index (χ0) is 17.5. The number of rotatable bonds is 1. The summed E-state index contributed by atoms with van der Waals surface area (Å²) < 4.78 is 11.0. The largest absolute Gasteiger partial charge is 0.462 e. The Hall–Kier alpha value is -1.70. The minimum Gasteiger partial charge on any atom is -0.462 e. The van der Waals surface area contributed by atoms with E-state index in [9.17, 15) is 14.7 Å². The second-order valence-corrected chi connectivity index (χ2v) is 7.50. The molecule has 3 fully saturated rings. The molecule has 1 N–H and O–H groups in total. The summed E-state index contributed by atoms with van der Waals surface area (Å²) >= 11 is 0. The van der Waals surface area contributed by atoms with Gasteiger partial charge >= 0.3 is 11.9 Å². The molecule has 0 amide bonds. The highest BCUT2D eigenvalue weighted by atomic mass is 17.2. The molecule has 2 bridgehead atoms. The molecule has 2 heterocycles. The molecule has 0 aromatic rings. The zero-order valence-electron chi connectivity index (χ0n) is 13.8. The first-order chi connectivity index (χ1) is 11.1. The SMILES string of the molecule is C=C1C(=O)OC2C1C(OC(C)=O)CC(C)(O)C13C=CC(C)(OO1)C23. The maximum Gasteiger partial charge on any atom is 0.334 e. The Morgan fingerprint density at radius 1 is 1.38 bits per heavy atom. The number of esters is 2. The molecule has 0 spiro atoms. The first kappa shape index (κ1) is 15.8. The summed E-state index contributed by atoms with van der Waals surface area (Å²) in [6.07, 6.45) is 2.27. The first-order valence-electron chi connectivity index (χ1n) is 7.98. The van der Waals surface area contributed by atoms with E-state index in [1.54, 1.807) is 13.0 Å². The van der Waals surface area contributed by atoms with Gasteiger partial charge in [-0.1, -0.05) is 12.7 Å². The van der Waals surface area contributed by atoms with Gasteiger partial charge in [-0.25, -0.2) is 14.6 Å². The lowest BCUT2D eigenvalue weighted by atomic mass is 9.71. The van der Waals surface area contributed by atoms with E-state index in [4.69, 9.17) is 19.2 Å². The molecule has 4 aliphatic rings. The number of hydrogen-bond acceptors (Lipinski definition) is 7. The number of ether oxygens (including phenoxy) is 2. The Balaban J connectivity index is 1.87. The second-order valence-electron chi connectivity index (χ2n) is 7.50. The van der Waals surface area contributed by atoms with Crippen molar-refractivity contribution < 1.29 is 33.9 Å². The van der Waals surface area contributed by atoms with E-state index in [1.165, 1.54) is 6.92 Å². The van der Waals surface area contributed by atoms with Gasteiger partial charge in [-0.2, -0.15) is 0 Å². The fourth-order valence-corrected chi connectivity index (χ4v) is 4.74. The highest BCUT2D eigenvalue weighted by molar-refractivity contribution is 5.91. The van der Waals surface area contributed by atoms with Crippen molar-refractivity contribution >= 4 is 11.9 Å². The average Bonchev–Trinajstić information content (AvgIpc) is 3.01. The lowest BCUT2D eigenvalue weighted by Gasteiger charge is -2.39. The third-order valence-electron chi connectivity index (χ3n) is 5.85. The highest BCUT2D eigenvalue weighted by Crippen LogP contribution is 2.61. The molecule has 7 heteroatoms. The third-order valence-corrected chi connectivity index (χ3v) is 5.85. The Labute approximate surface area is 139 Å². The van der Waals surface area contributed by atoms with Crippen LogP contribution >= 0.6 is 0 Å². The standard InChI is InChI=1S/C17H20O7/c1-8-11-10(21-9(2)18)7-16(4,20)17-6-5-15(3,23-24-17)13(17)12(11)22-14(8)19/h5-6,10-13,20H,1,7H2,2-4H3. The van der Waals surface area contributed by atoms with E-state index in [-0.39, 0.29) is 12.0 Å². The zero-order valence-corrected chi connectivity index (χ0v) is 13.8. The number of hydrogen-bond donors (Lipinski definition) is 1. The molecular formula is C17H20O7. The van der Waals surface area contributed by atoms with Crippen LogP contribution in [0.3, 0.4) is 0 Å². The smallest absolute Gasteiger partial charge is 0.334 e. The summed E-state index contributed by atoms with van der Waals surface area (Å²) in [5.41, 5.74) is -3.17. The summed E-state index contributed by atoms with van der Waals surface area (Å²) in [4.78, 5) is 34.8. The van der Waals surface area contributed by atoms with Crippen LogP contribution in [0.4, 0.5) is 0 Å². The Morgan fingerprint density at radius 3 is 2.67 bits per heavy atom. The van der Waals surface area contributed by atoms with Gasteiger partial charge < -0.3 is 14.6 Å². The number of carbonyl (C=O) groups is 2. The van der Waals surface area contributed by atoms with Crippen molar-refractivity contribution in [1.29, 1.82) is 0 Å². The van der Waals surface area contributed by atoms with Crippen LogP contribution in [0.5, 0.6) is 0 Å². The molecule has 0 aromatic heterocycles. The molecule has 2 saturated heterocycles. The molecule has 24 heavy (non-hydrogen) atoms. The Kier molecular flexibility index (Phi) is 2.95. The maximum atomic E-state index is 12.1. The normalized spacial score (nSPS) is 51.8. The molecular weight excluding hydrogens is 316 g/mol. The van der Waals surface area contributed by atoms with Crippen molar-refractivity contribution in [3.05, 3.63) is 24.3 Å². The molecule has 130 valence electrons. The Bertz CT molecular complexity index is 680. The van der Waals surface area contributed by atoms with E-state index in [2.05, 4.69) is 6.58 Å². The van der Waals surface area contributed by atoms with Crippen LogP contribution in [0, 0.1) is 11.8 Å². The van der Waals surface area contributed by atoms with Gasteiger partial charge in [0.15, 0.2) is 5.60 Å². The molecule has 0 radical (unpaired) electrons. The van der Waals surface area contributed by atoms with E-state index in [1.807, 2.05) is 13.0 Å². The monoisotopic (exact) mass is 336 g/mol. The third kappa shape index (κ3) is 1.72. The maximum absolute atomic E-state index is 12.1. The summed E-state index contributed by atoms with van der Waals surface area (Å²) in [5, 5.41) is 11.2. The lowest BCUT2D eigenvalue weighted by molar-refractivity contribution is -0.361. The van der Waals surface area contributed by atoms with Crippen molar-refractivity contribution in [1.82, 2.24) is 0 Å². The summed E-state index contributed by atoms with van der Waals surface area (Å²) in [5.74, 6) is -2.03. The molecule has 4 rings (SSSR count). The van der Waals surface area contributed by atoms with Crippen LogP contribution in [-0.2, 0) is 28.8 Å².